The van der Waals surface area contributed by atoms with Crippen LogP contribution in [-0.2, 0) is 11.2 Å². The predicted molar refractivity (Wildman–Crippen MR) is 113 cm³/mol. The molecule has 1 N–H and O–H groups in total. The molecule has 3 aromatic carbocycles. The second-order valence-corrected chi connectivity index (χ2v) is 6.71. The number of hydrogen-bond acceptors (Lipinski definition) is 3. The molecule has 1 amide bonds. The largest absolute Gasteiger partial charge is 0.494 e. The summed E-state index contributed by atoms with van der Waals surface area (Å²) in [4.78, 5) is 12.4. The Kier molecular flexibility index (Phi) is 6.90. The lowest BCUT2D eigenvalue weighted by Gasteiger charge is -2.16. The van der Waals surface area contributed by atoms with Gasteiger partial charge in [0.1, 0.15) is 11.5 Å². The first-order valence-corrected chi connectivity index (χ1v) is 9.81. The Balaban J connectivity index is 1.45. The van der Waals surface area contributed by atoms with E-state index in [4.69, 9.17) is 9.47 Å². The van der Waals surface area contributed by atoms with E-state index < -0.39 is 6.10 Å². The summed E-state index contributed by atoms with van der Waals surface area (Å²) in [6, 6.07) is 22.0. The minimum Gasteiger partial charge on any atom is -0.494 e. The average molecular weight is 377 g/mol. The van der Waals surface area contributed by atoms with Crippen molar-refractivity contribution in [2.75, 3.05) is 13.2 Å². The van der Waals surface area contributed by atoms with Crippen LogP contribution < -0.4 is 14.8 Å². The number of fused-ring (bicyclic) bond motifs is 1. The van der Waals surface area contributed by atoms with Gasteiger partial charge < -0.3 is 14.8 Å². The number of benzene rings is 3. The van der Waals surface area contributed by atoms with Crippen molar-refractivity contribution in [3.05, 3.63) is 72.3 Å². The molecule has 0 saturated carbocycles. The molecule has 4 heteroatoms. The Morgan fingerprint density at radius 2 is 1.75 bits per heavy atom. The smallest absolute Gasteiger partial charge is 0.260 e. The van der Waals surface area contributed by atoms with Crippen LogP contribution in [0.25, 0.3) is 10.8 Å². The van der Waals surface area contributed by atoms with Gasteiger partial charge >= 0.3 is 0 Å². The maximum atomic E-state index is 12.4. The van der Waals surface area contributed by atoms with Gasteiger partial charge in [-0.25, -0.2) is 0 Å². The molecule has 3 aromatic rings. The molecule has 4 nitrogen and oxygen atoms in total. The summed E-state index contributed by atoms with van der Waals surface area (Å²) >= 11 is 0. The van der Waals surface area contributed by atoms with E-state index in [0.717, 1.165) is 35.1 Å². The van der Waals surface area contributed by atoms with Crippen molar-refractivity contribution in [1.29, 1.82) is 0 Å². The molecule has 0 spiro atoms. The first kappa shape index (κ1) is 19.7. The number of hydrogen-bond donors (Lipinski definition) is 1. The highest BCUT2D eigenvalue weighted by atomic mass is 16.5. The molecule has 3 rings (SSSR count). The van der Waals surface area contributed by atoms with Crippen molar-refractivity contribution in [1.82, 2.24) is 5.32 Å². The van der Waals surface area contributed by atoms with Gasteiger partial charge in [-0.05, 0) is 55.8 Å². The van der Waals surface area contributed by atoms with Crippen molar-refractivity contribution in [2.24, 2.45) is 0 Å². The van der Waals surface area contributed by atoms with Crippen LogP contribution in [0.15, 0.2) is 66.7 Å². The number of ether oxygens (including phenoxy) is 2. The van der Waals surface area contributed by atoms with Gasteiger partial charge in [0.05, 0.1) is 6.61 Å². The maximum absolute atomic E-state index is 12.4. The molecule has 0 aliphatic rings. The lowest BCUT2D eigenvalue weighted by Crippen LogP contribution is -2.37. The fraction of sp³-hybridized carbons (Fsp3) is 0.292. The minimum absolute atomic E-state index is 0.0976. The Labute approximate surface area is 166 Å². The van der Waals surface area contributed by atoms with E-state index >= 15 is 0 Å². The highest BCUT2D eigenvalue weighted by Gasteiger charge is 2.15. The molecule has 0 saturated heterocycles. The first-order valence-electron chi connectivity index (χ1n) is 9.81. The Hall–Kier alpha value is -3.01. The standard InChI is InChI=1S/C24H27NO3/c1-3-27-21-15-13-19(14-16-21)8-7-17-25-24(26)18(2)28-23-12-6-10-20-9-4-5-11-22(20)23/h4-6,9-16,18H,3,7-8,17H2,1-2H3,(H,25,26)/t18-/m0/s1. The van der Waals surface area contributed by atoms with E-state index in [1.807, 2.05) is 61.5 Å². The highest BCUT2D eigenvalue weighted by molar-refractivity contribution is 5.89. The second-order valence-electron chi connectivity index (χ2n) is 6.71. The topological polar surface area (TPSA) is 47.6 Å². The van der Waals surface area contributed by atoms with Gasteiger partial charge in [0.15, 0.2) is 6.10 Å². The fourth-order valence-corrected chi connectivity index (χ4v) is 3.11. The third-order valence-corrected chi connectivity index (χ3v) is 4.60. The molecule has 1 atom stereocenters. The Morgan fingerprint density at radius 3 is 2.54 bits per heavy atom. The molecule has 0 aliphatic heterocycles. The second kappa shape index (κ2) is 9.79. The van der Waals surface area contributed by atoms with Gasteiger partial charge in [0, 0.05) is 11.9 Å². The van der Waals surface area contributed by atoms with E-state index in [1.165, 1.54) is 5.56 Å². The highest BCUT2D eigenvalue weighted by Crippen LogP contribution is 2.26. The summed E-state index contributed by atoms with van der Waals surface area (Å²) in [7, 11) is 0. The summed E-state index contributed by atoms with van der Waals surface area (Å²) < 4.78 is 11.4. The zero-order chi connectivity index (χ0) is 19.8. The van der Waals surface area contributed by atoms with Crippen molar-refractivity contribution >= 4 is 16.7 Å². The first-order chi connectivity index (χ1) is 13.7. The molecule has 0 unspecified atom stereocenters. The molecule has 0 bridgehead atoms. The van der Waals surface area contributed by atoms with Gasteiger partial charge in [-0.1, -0.05) is 48.5 Å². The van der Waals surface area contributed by atoms with E-state index in [0.29, 0.717) is 13.2 Å². The van der Waals surface area contributed by atoms with E-state index in [9.17, 15) is 4.79 Å². The normalized spacial score (nSPS) is 11.8. The van der Waals surface area contributed by atoms with E-state index in [1.54, 1.807) is 6.92 Å². The Morgan fingerprint density at radius 1 is 1.00 bits per heavy atom. The molecule has 0 aliphatic carbocycles. The number of rotatable bonds is 9. The van der Waals surface area contributed by atoms with Crippen LogP contribution in [0.3, 0.4) is 0 Å². The van der Waals surface area contributed by atoms with Gasteiger partial charge in [0.25, 0.3) is 5.91 Å². The number of carbonyl (C=O) groups excluding carboxylic acids is 1. The molecule has 28 heavy (non-hydrogen) atoms. The van der Waals surface area contributed by atoms with Gasteiger partial charge in [-0.3, -0.25) is 4.79 Å². The third-order valence-electron chi connectivity index (χ3n) is 4.60. The SMILES string of the molecule is CCOc1ccc(CCCNC(=O)[C@H](C)Oc2cccc3ccccc23)cc1. The number of nitrogens with one attached hydrogen (secondary N) is 1. The molecular formula is C24H27NO3. The van der Waals surface area contributed by atoms with Crippen LogP contribution in [0.5, 0.6) is 11.5 Å². The maximum Gasteiger partial charge on any atom is 0.260 e. The van der Waals surface area contributed by atoms with Gasteiger partial charge in [-0.2, -0.15) is 0 Å². The molecule has 0 fully saturated rings. The van der Waals surface area contributed by atoms with Crippen LogP contribution in [0.2, 0.25) is 0 Å². The summed E-state index contributed by atoms with van der Waals surface area (Å²) in [6.45, 7) is 5.05. The minimum atomic E-state index is -0.545. The lowest BCUT2D eigenvalue weighted by molar-refractivity contribution is -0.127. The number of carbonyl (C=O) groups is 1. The van der Waals surface area contributed by atoms with E-state index in [-0.39, 0.29) is 5.91 Å². The molecule has 0 heterocycles. The monoisotopic (exact) mass is 377 g/mol. The van der Waals surface area contributed by atoms with Crippen LogP contribution in [0.4, 0.5) is 0 Å². The van der Waals surface area contributed by atoms with Crippen molar-refractivity contribution in [3.8, 4) is 11.5 Å². The van der Waals surface area contributed by atoms with Crippen LogP contribution >= 0.6 is 0 Å². The molecular weight excluding hydrogens is 350 g/mol. The van der Waals surface area contributed by atoms with Gasteiger partial charge in [0.2, 0.25) is 0 Å². The van der Waals surface area contributed by atoms with Crippen LogP contribution in [0, 0.1) is 0 Å². The number of aryl methyl sites for hydroxylation is 1. The fourth-order valence-electron chi connectivity index (χ4n) is 3.11. The Bertz CT molecular complexity index is 900. The lowest BCUT2D eigenvalue weighted by atomic mass is 10.1. The zero-order valence-corrected chi connectivity index (χ0v) is 16.5. The molecule has 0 radical (unpaired) electrons. The van der Waals surface area contributed by atoms with Crippen molar-refractivity contribution in [2.45, 2.75) is 32.8 Å². The number of amides is 1. The quantitative estimate of drug-likeness (QED) is 0.547. The van der Waals surface area contributed by atoms with Crippen LogP contribution in [-0.4, -0.2) is 25.2 Å². The third kappa shape index (κ3) is 5.26. The zero-order valence-electron chi connectivity index (χ0n) is 16.5. The summed E-state index contributed by atoms with van der Waals surface area (Å²) in [5.74, 6) is 1.52. The van der Waals surface area contributed by atoms with Crippen molar-refractivity contribution < 1.29 is 14.3 Å². The van der Waals surface area contributed by atoms with Crippen molar-refractivity contribution in [3.63, 3.8) is 0 Å². The summed E-state index contributed by atoms with van der Waals surface area (Å²) in [6.07, 6.45) is 1.24. The van der Waals surface area contributed by atoms with E-state index in [2.05, 4.69) is 17.4 Å². The summed E-state index contributed by atoms with van der Waals surface area (Å²) in [5.41, 5.74) is 1.23. The van der Waals surface area contributed by atoms with Gasteiger partial charge in [-0.15, -0.1) is 0 Å². The molecule has 0 aromatic heterocycles. The van der Waals surface area contributed by atoms with Crippen LogP contribution in [0.1, 0.15) is 25.8 Å². The average Bonchev–Trinajstić information content (AvgIpc) is 2.72. The molecule has 146 valence electrons. The summed E-state index contributed by atoms with van der Waals surface area (Å²) in [5, 5.41) is 5.08. The predicted octanol–water partition coefficient (Wildman–Crippen LogP) is 4.75.